The van der Waals surface area contributed by atoms with Crippen molar-refractivity contribution in [2.75, 3.05) is 13.1 Å². The minimum atomic E-state index is -0.303. The first kappa shape index (κ1) is 15.1. The van der Waals surface area contributed by atoms with Crippen LogP contribution in [-0.4, -0.2) is 39.9 Å². The van der Waals surface area contributed by atoms with Gasteiger partial charge in [-0.05, 0) is 18.6 Å². The summed E-state index contributed by atoms with van der Waals surface area (Å²) in [6, 6.07) is 6.99. The number of amides is 2. The molecule has 2 aromatic rings. The van der Waals surface area contributed by atoms with E-state index in [0.29, 0.717) is 23.9 Å². The zero-order chi connectivity index (χ0) is 16.2. The fourth-order valence-electron chi connectivity index (χ4n) is 2.61. The Balaban J connectivity index is 1.60. The first-order chi connectivity index (χ1) is 11.1. The third-order valence-corrected chi connectivity index (χ3v) is 3.87. The number of carbonyl (C=O) groups excluding carboxylic acids is 2. The molecule has 2 amide bonds. The zero-order valence-corrected chi connectivity index (χ0v) is 12.5. The third kappa shape index (κ3) is 3.36. The van der Waals surface area contributed by atoms with Crippen molar-refractivity contribution in [1.29, 1.82) is 0 Å². The molecule has 120 valence electrons. The van der Waals surface area contributed by atoms with Crippen LogP contribution < -0.4 is 16.2 Å². The topological polar surface area (TPSA) is 106 Å². The molecule has 0 spiro atoms. The average molecular weight is 315 g/mol. The maximum atomic E-state index is 12.2. The highest BCUT2D eigenvalue weighted by Crippen LogP contribution is 2.12. The first-order valence-electron chi connectivity index (χ1n) is 7.52. The number of fused-ring (bicyclic) bond motifs is 1. The Morgan fingerprint density at radius 3 is 3.00 bits per heavy atom. The molecule has 1 aromatic carbocycles. The molecule has 3 rings (SSSR count). The summed E-state index contributed by atoms with van der Waals surface area (Å²) in [5.74, 6) is -0.571. The normalized spacial score (nSPS) is 17.7. The van der Waals surface area contributed by atoms with Crippen LogP contribution in [0.4, 0.5) is 0 Å². The molecule has 0 bridgehead atoms. The molecule has 1 aliphatic heterocycles. The minimum absolute atomic E-state index is 0.104. The van der Waals surface area contributed by atoms with E-state index < -0.39 is 0 Å². The van der Waals surface area contributed by atoms with Crippen LogP contribution in [0.15, 0.2) is 29.1 Å². The fraction of sp³-hybridized carbons (Fsp3) is 0.400. The van der Waals surface area contributed by atoms with E-state index in [4.69, 9.17) is 0 Å². The highest BCUT2D eigenvalue weighted by Gasteiger charge is 2.25. The molecule has 0 aliphatic carbocycles. The van der Waals surface area contributed by atoms with Gasteiger partial charge < -0.3 is 10.6 Å². The number of piperidine rings is 1. The molecule has 1 aliphatic rings. The Bertz CT molecular complexity index is 801. The summed E-state index contributed by atoms with van der Waals surface area (Å²) in [4.78, 5) is 35.5. The molecule has 1 saturated heterocycles. The molecule has 8 heteroatoms. The van der Waals surface area contributed by atoms with Crippen molar-refractivity contribution in [3.05, 3.63) is 34.6 Å². The van der Waals surface area contributed by atoms with Crippen LogP contribution in [0.25, 0.3) is 10.9 Å². The molecule has 1 fully saturated rings. The monoisotopic (exact) mass is 315 g/mol. The van der Waals surface area contributed by atoms with Gasteiger partial charge in [-0.2, -0.15) is 0 Å². The fourth-order valence-corrected chi connectivity index (χ4v) is 2.61. The maximum Gasteiger partial charge on any atom is 0.277 e. The predicted molar refractivity (Wildman–Crippen MR) is 82.5 cm³/mol. The molecular weight excluding hydrogens is 298 g/mol. The second-order valence-corrected chi connectivity index (χ2v) is 5.47. The number of benzene rings is 1. The second kappa shape index (κ2) is 6.55. The van der Waals surface area contributed by atoms with E-state index in [1.54, 1.807) is 24.3 Å². The van der Waals surface area contributed by atoms with Crippen molar-refractivity contribution in [1.82, 2.24) is 25.6 Å². The van der Waals surface area contributed by atoms with Crippen LogP contribution in [-0.2, 0) is 16.1 Å². The first-order valence-corrected chi connectivity index (χ1v) is 7.52. The summed E-state index contributed by atoms with van der Waals surface area (Å²) in [6.45, 7) is 1.03. The summed E-state index contributed by atoms with van der Waals surface area (Å²) in [5.41, 5.74) is 0.313. The second-order valence-electron chi connectivity index (χ2n) is 5.47. The molecule has 1 unspecified atom stereocenters. The molecule has 8 nitrogen and oxygen atoms in total. The van der Waals surface area contributed by atoms with Crippen molar-refractivity contribution >= 4 is 22.7 Å². The van der Waals surface area contributed by atoms with E-state index in [1.807, 2.05) is 0 Å². The number of nitrogens with one attached hydrogen (secondary N) is 2. The van der Waals surface area contributed by atoms with Gasteiger partial charge in [-0.15, -0.1) is 5.10 Å². The number of aromatic nitrogens is 3. The lowest BCUT2D eigenvalue weighted by atomic mass is 9.97. The standard InChI is InChI=1S/C15H17N5O3/c21-13-9-10(5-6-16-13)14(22)17-7-8-20-15(23)11-3-1-2-4-12(11)18-19-20/h1-4,10H,5-9H2,(H,16,21)(H,17,22). The number of hydrogen-bond acceptors (Lipinski definition) is 5. The summed E-state index contributed by atoms with van der Waals surface area (Å²) < 4.78 is 1.23. The lowest BCUT2D eigenvalue weighted by molar-refractivity contribution is -0.132. The Labute approximate surface area is 131 Å². The van der Waals surface area contributed by atoms with E-state index in [1.165, 1.54) is 4.68 Å². The number of nitrogens with zero attached hydrogens (tertiary/aromatic N) is 3. The lowest BCUT2D eigenvalue weighted by Gasteiger charge is -2.21. The highest BCUT2D eigenvalue weighted by molar-refractivity contribution is 5.86. The Hall–Kier alpha value is -2.77. The van der Waals surface area contributed by atoms with Gasteiger partial charge in [0.15, 0.2) is 0 Å². The van der Waals surface area contributed by atoms with Crippen LogP contribution in [0.1, 0.15) is 12.8 Å². The summed E-state index contributed by atoms with van der Waals surface area (Å²) in [5, 5.41) is 13.8. The van der Waals surface area contributed by atoms with E-state index in [0.717, 1.165) is 0 Å². The van der Waals surface area contributed by atoms with Crippen LogP contribution >= 0.6 is 0 Å². The lowest BCUT2D eigenvalue weighted by Crippen LogP contribution is -2.42. The third-order valence-electron chi connectivity index (χ3n) is 3.87. The van der Waals surface area contributed by atoms with Gasteiger partial charge in [0.25, 0.3) is 5.56 Å². The number of rotatable bonds is 4. The van der Waals surface area contributed by atoms with Crippen molar-refractivity contribution in [2.45, 2.75) is 19.4 Å². The van der Waals surface area contributed by atoms with Gasteiger partial charge >= 0.3 is 0 Å². The largest absolute Gasteiger partial charge is 0.356 e. The predicted octanol–water partition coefficient (Wildman–Crippen LogP) is -0.566. The Morgan fingerprint density at radius 1 is 1.35 bits per heavy atom. The van der Waals surface area contributed by atoms with Crippen LogP contribution in [0.2, 0.25) is 0 Å². The number of carbonyl (C=O) groups is 2. The SMILES string of the molecule is O=C1CC(C(=O)NCCn2nnc3ccccc3c2=O)CCN1. The highest BCUT2D eigenvalue weighted by atomic mass is 16.2. The van der Waals surface area contributed by atoms with E-state index in [9.17, 15) is 14.4 Å². The van der Waals surface area contributed by atoms with Crippen molar-refractivity contribution in [3.63, 3.8) is 0 Å². The van der Waals surface area contributed by atoms with Crippen molar-refractivity contribution in [2.24, 2.45) is 5.92 Å². The average Bonchev–Trinajstić information content (AvgIpc) is 2.57. The number of hydrogen-bond donors (Lipinski definition) is 2. The Kier molecular flexibility index (Phi) is 4.31. The summed E-state index contributed by atoms with van der Waals surface area (Å²) >= 11 is 0. The van der Waals surface area contributed by atoms with Crippen molar-refractivity contribution < 1.29 is 9.59 Å². The van der Waals surface area contributed by atoms with E-state index in [-0.39, 0.29) is 42.8 Å². The van der Waals surface area contributed by atoms with Gasteiger partial charge in [0.2, 0.25) is 11.8 Å². The minimum Gasteiger partial charge on any atom is -0.356 e. The molecule has 23 heavy (non-hydrogen) atoms. The summed E-state index contributed by atoms with van der Waals surface area (Å²) in [6.07, 6.45) is 0.842. The molecule has 2 heterocycles. The van der Waals surface area contributed by atoms with E-state index >= 15 is 0 Å². The maximum absolute atomic E-state index is 12.2. The quantitative estimate of drug-likeness (QED) is 0.786. The van der Waals surface area contributed by atoms with Gasteiger partial charge in [0.05, 0.1) is 11.9 Å². The molecular formula is C15H17N5O3. The molecule has 0 saturated carbocycles. The van der Waals surface area contributed by atoms with Gasteiger partial charge in [0.1, 0.15) is 5.52 Å². The van der Waals surface area contributed by atoms with Gasteiger partial charge in [-0.1, -0.05) is 17.3 Å². The van der Waals surface area contributed by atoms with Crippen LogP contribution in [0.5, 0.6) is 0 Å². The summed E-state index contributed by atoms with van der Waals surface area (Å²) in [7, 11) is 0. The van der Waals surface area contributed by atoms with Gasteiger partial charge in [-0.3, -0.25) is 14.4 Å². The van der Waals surface area contributed by atoms with Crippen LogP contribution in [0.3, 0.4) is 0 Å². The van der Waals surface area contributed by atoms with Crippen molar-refractivity contribution in [3.8, 4) is 0 Å². The molecule has 2 N–H and O–H groups in total. The Morgan fingerprint density at radius 2 is 2.17 bits per heavy atom. The van der Waals surface area contributed by atoms with E-state index in [2.05, 4.69) is 20.9 Å². The molecule has 1 aromatic heterocycles. The molecule has 0 radical (unpaired) electrons. The zero-order valence-electron chi connectivity index (χ0n) is 12.5. The smallest absolute Gasteiger partial charge is 0.277 e. The van der Waals surface area contributed by atoms with Crippen LogP contribution in [0, 0.1) is 5.92 Å². The van der Waals surface area contributed by atoms with Gasteiger partial charge in [0, 0.05) is 25.4 Å². The molecule has 1 atom stereocenters. The van der Waals surface area contributed by atoms with Gasteiger partial charge in [-0.25, -0.2) is 4.68 Å².